The molecule has 0 bridgehead atoms. The first-order valence-corrected chi connectivity index (χ1v) is 3.65. The molecular formula is C9H5FN2O2. The van der Waals surface area contributed by atoms with Crippen LogP contribution in [0.4, 0.5) is 10.1 Å². The minimum atomic E-state index is -0.907. The Bertz CT molecular complexity index is 435. The van der Waals surface area contributed by atoms with Crippen LogP contribution in [-0.4, -0.2) is 4.92 Å². The lowest BCUT2D eigenvalue weighted by molar-refractivity contribution is -0.387. The van der Waals surface area contributed by atoms with Gasteiger partial charge in [-0.1, -0.05) is 0 Å². The highest BCUT2D eigenvalue weighted by atomic mass is 19.1. The lowest BCUT2D eigenvalue weighted by Crippen LogP contribution is -1.92. The van der Waals surface area contributed by atoms with Crippen LogP contribution in [0.2, 0.25) is 0 Å². The summed E-state index contributed by atoms with van der Waals surface area (Å²) in [7, 11) is 0. The van der Waals surface area contributed by atoms with Crippen molar-refractivity contribution in [3.63, 3.8) is 0 Å². The summed E-state index contributed by atoms with van der Waals surface area (Å²) in [6.07, 6.45) is 2.54. The average Bonchev–Trinajstić information content (AvgIpc) is 2.14. The number of nitrogens with zero attached hydrogens (tertiary/aromatic N) is 2. The van der Waals surface area contributed by atoms with Crippen LogP contribution < -0.4 is 0 Å². The van der Waals surface area contributed by atoms with Crippen molar-refractivity contribution >= 4 is 11.8 Å². The SMILES string of the molecule is N#CC=Cc1ccc([N+](=O)[O-])c(F)c1. The number of nitro groups is 1. The third kappa shape index (κ3) is 2.14. The second-order valence-corrected chi connectivity index (χ2v) is 2.43. The highest BCUT2D eigenvalue weighted by molar-refractivity contribution is 5.54. The number of benzene rings is 1. The van der Waals surface area contributed by atoms with Gasteiger partial charge in [0.2, 0.25) is 5.82 Å². The third-order valence-electron chi connectivity index (χ3n) is 1.52. The number of allylic oxidation sites excluding steroid dienone is 1. The highest BCUT2D eigenvalue weighted by Crippen LogP contribution is 2.18. The first-order chi connectivity index (χ1) is 6.65. The number of hydrogen-bond acceptors (Lipinski definition) is 3. The largest absolute Gasteiger partial charge is 0.304 e. The Balaban J connectivity index is 3.08. The first-order valence-electron chi connectivity index (χ1n) is 3.65. The Kier molecular flexibility index (Phi) is 2.92. The minimum absolute atomic E-state index is 0.412. The van der Waals surface area contributed by atoms with Crippen molar-refractivity contribution in [3.8, 4) is 6.07 Å². The van der Waals surface area contributed by atoms with Gasteiger partial charge in [0.15, 0.2) is 0 Å². The number of halogens is 1. The molecule has 14 heavy (non-hydrogen) atoms. The van der Waals surface area contributed by atoms with E-state index in [1.807, 2.05) is 0 Å². The number of nitriles is 1. The van der Waals surface area contributed by atoms with Crippen LogP contribution in [0, 0.1) is 27.3 Å². The fourth-order valence-electron chi connectivity index (χ4n) is 0.908. The Morgan fingerprint density at radius 3 is 2.79 bits per heavy atom. The third-order valence-corrected chi connectivity index (χ3v) is 1.52. The van der Waals surface area contributed by atoms with Gasteiger partial charge in [0.25, 0.3) is 0 Å². The molecule has 1 rings (SSSR count). The maximum atomic E-state index is 13.0. The van der Waals surface area contributed by atoms with E-state index in [2.05, 4.69) is 0 Å². The molecule has 0 aliphatic rings. The van der Waals surface area contributed by atoms with Gasteiger partial charge in [0.1, 0.15) is 0 Å². The Morgan fingerprint density at radius 2 is 2.29 bits per heavy atom. The summed E-state index contributed by atoms with van der Waals surface area (Å²) < 4.78 is 13.0. The molecule has 0 radical (unpaired) electrons. The highest BCUT2D eigenvalue weighted by Gasteiger charge is 2.12. The van der Waals surface area contributed by atoms with Gasteiger partial charge in [-0.15, -0.1) is 0 Å². The zero-order valence-corrected chi connectivity index (χ0v) is 6.98. The van der Waals surface area contributed by atoms with Crippen molar-refractivity contribution in [1.29, 1.82) is 5.26 Å². The van der Waals surface area contributed by atoms with E-state index in [0.717, 1.165) is 12.1 Å². The summed E-state index contributed by atoms with van der Waals surface area (Å²) in [4.78, 5) is 9.44. The number of nitro benzene ring substituents is 1. The second kappa shape index (κ2) is 4.14. The molecule has 4 nitrogen and oxygen atoms in total. The fraction of sp³-hybridized carbons (Fsp3) is 0. The van der Waals surface area contributed by atoms with Gasteiger partial charge in [0, 0.05) is 12.1 Å². The zero-order valence-electron chi connectivity index (χ0n) is 6.98. The van der Waals surface area contributed by atoms with Gasteiger partial charge in [-0.3, -0.25) is 10.1 Å². The molecule has 5 heteroatoms. The lowest BCUT2D eigenvalue weighted by Gasteiger charge is -1.94. The molecule has 0 saturated carbocycles. The van der Waals surface area contributed by atoms with E-state index in [-0.39, 0.29) is 0 Å². The van der Waals surface area contributed by atoms with Crippen LogP contribution in [0.15, 0.2) is 24.3 Å². The quantitative estimate of drug-likeness (QED) is 0.410. The summed E-state index contributed by atoms with van der Waals surface area (Å²) >= 11 is 0. The molecule has 1 aromatic carbocycles. The summed E-state index contributed by atoms with van der Waals surface area (Å²) in [6, 6.07) is 5.17. The second-order valence-electron chi connectivity index (χ2n) is 2.43. The van der Waals surface area contributed by atoms with Crippen molar-refractivity contribution < 1.29 is 9.31 Å². The minimum Gasteiger partial charge on any atom is -0.258 e. The average molecular weight is 192 g/mol. The van der Waals surface area contributed by atoms with E-state index in [1.165, 1.54) is 18.2 Å². The smallest absolute Gasteiger partial charge is 0.258 e. The van der Waals surface area contributed by atoms with Crippen LogP contribution in [-0.2, 0) is 0 Å². The maximum absolute atomic E-state index is 13.0. The Hall–Kier alpha value is -2.22. The normalized spacial score (nSPS) is 10.0. The molecule has 0 spiro atoms. The van der Waals surface area contributed by atoms with E-state index >= 15 is 0 Å². The maximum Gasteiger partial charge on any atom is 0.304 e. The van der Waals surface area contributed by atoms with E-state index in [9.17, 15) is 14.5 Å². The van der Waals surface area contributed by atoms with Crippen LogP contribution in [0.1, 0.15) is 5.56 Å². The molecule has 70 valence electrons. The zero-order chi connectivity index (χ0) is 10.6. The van der Waals surface area contributed by atoms with Gasteiger partial charge in [-0.05, 0) is 23.8 Å². The molecule has 0 aromatic heterocycles. The van der Waals surface area contributed by atoms with Crippen molar-refractivity contribution in [2.75, 3.05) is 0 Å². The molecule has 0 saturated heterocycles. The summed E-state index contributed by atoms with van der Waals surface area (Å²) in [5.41, 5.74) is -0.159. The predicted molar refractivity (Wildman–Crippen MR) is 47.7 cm³/mol. The summed E-state index contributed by atoms with van der Waals surface area (Å²) in [5.74, 6) is -0.907. The van der Waals surface area contributed by atoms with Gasteiger partial charge < -0.3 is 0 Å². The molecule has 1 aromatic rings. The first kappa shape index (κ1) is 9.86. The lowest BCUT2D eigenvalue weighted by atomic mass is 10.2. The molecule has 0 heterocycles. The van der Waals surface area contributed by atoms with Crippen LogP contribution in [0.25, 0.3) is 6.08 Å². The summed E-state index contributed by atoms with van der Waals surface area (Å²) in [6.45, 7) is 0. The molecule has 0 aliphatic heterocycles. The molecule has 0 amide bonds. The van der Waals surface area contributed by atoms with Crippen molar-refractivity contribution in [3.05, 3.63) is 45.8 Å². The molecule has 0 unspecified atom stereocenters. The van der Waals surface area contributed by atoms with E-state index < -0.39 is 16.4 Å². The van der Waals surface area contributed by atoms with Crippen LogP contribution in [0.5, 0.6) is 0 Å². The molecule has 0 aliphatic carbocycles. The summed E-state index contributed by atoms with van der Waals surface area (Å²) in [5, 5.41) is 18.4. The van der Waals surface area contributed by atoms with Gasteiger partial charge in [-0.25, -0.2) is 0 Å². The molecule has 0 N–H and O–H groups in total. The van der Waals surface area contributed by atoms with Crippen LogP contribution in [0.3, 0.4) is 0 Å². The van der Waals surface area contributed by atoms with Crippen LogP contribution >= 0.6 is 0 Å². The number of rotatable bonds is 2. The van der Waals surface area contributed by atoms with E-state index in [0.29, 0.717) is 5.56 Å². The predicted octanol–water partition coefficient (Wildman–Crippen LogP) is 2.27. The van der Waals surface area contributed by atoms with Crippen molar-refractivity contribution in [2.24, 2.45) is 0 Å². The molecule has 0 atom stereocenters. The van der Waals surface area contributed by atoms with Gasteiger partial charge >= 0.3 is 5.69 Å². The molecule has 0 fully saturated rings. The Morgan fingerprint density at radius 1 is 1.57 bits per heavy atom. The van der Waals surface area contributed by atoms with E-state index in [1.54, 1.807) is 6.07 Å². The number of hydrogen-bond donors (Lipinski definition) is 0. The molecular weight excluding hydrogens is 187 g/mol. The topological polar surface area (TPSA) is 66.9 Å². The van der Waals surface area contributed by atoms with Crippen molar-refractivity contribution in [2.45, 2.75) is 0 Å². The monoisotopic (exact) mass is 192 g/mol. The van der Waals surface area contributed by atoms with E-state index in [4.69, 9.17) is 5.26 Å². The van der Waals surface area contributed by atoms with Gasteiger partial charge in [0.05, 0.1) is 11.0 Å². The van der Waals surface area contributed by atoms with Crippen molar-refractivity contribution in [1.82, 2.24) is 0 Å². The fourth-order valence-corrected chi connectivity index (χ4v) is 0.908. The van der Waals surface area contributed by atoms with Gasteiger partial charge in [-0.2, -0.15) is 9.65 Å². The Labute approximate surface area is 79.0 Å². The standard InChI is InChI=1S/C9H5FN2O2/c10-8-6-7(2-1-5-11)3-4-9(8)12(13)14/h1-4,6H.